The molecule has 0 aliphatic heterocycles. The number of aromatic nitrogens is 2. The lowest BCUT2D eigenvalue weighted by Crippen LogP contribution is -2.27. The molecule has 0 saturated carbocycles. The lowest BCUT2D eigenvalue weighted by molar-refractivity contribution is -0.136. The number of benzene rings is 1. The van der Waals surface area contributed by atoms with Crippen molar-refractivity contribution in [3.8, 4) is 0 Å². The molecule has 9 heteroatoms. The summed E-state index contributed by atoms with van der Waals surface area (Å²) in [5, 5.41) is 12.4. The summed E-state index contributed by atoms with van der Waals surface area (Å²) in [6.07, 6.45) is -5.19. The maximum Gasteiger partial charge on any atom is 0.418 e. The van der Waals surface area contributed by atoms with Gasteiger partial charge in [-0.1, -0.05) is 12.1 Å². The molecule has 134 valence electrons. The van der Waals surface area contributed by atoms with Crippen molar-refractivity contribution in [1.29, 1.82) is 0 Å². The molecule has 2 rings (SSSR count). The van der Waals surface area contributed by atoms with Crippen molar-refractivity contribution in [3.63, 3.8) is 0 Å². The molecule has 25 heavy (non-hydrogen) atoms. The maximum absolute atomic E-state index is 13.0. The number of carbonyl (C=O) groups excluding carboxylic acids is 1. The Labute approximate surface area is 142 Å². The van der Waals surface area contributed by atoms with Crippen LogP contribution in [0, 0.1) is 0 Å². The smallest absolute Gasteiger partial charge is 0.418 e. The summed E-state index contributed by atoms with van der Waals surface area (Å²) in [6, 6.07) is 7.82. The highest BCUT2D eigenvalue weighted by atomic mass is 19.4. The number of anilines is 3. The Kier molecular flexibility index (Phi) is 5.15. The predicted octanol–water partition coefficient (Wildman–Crippen LogP) is 4.59. The van der Waals surface area contributed by atoms with Crippen molar-refractivity contribution in [2.45, 2.75) is 32.5 Å². The number of hydrogen-bond donors (Lipinski definition) is 2. The lowest BCUT2D eigenvalue weighted by atomic mass is 10.1. The number of alkyl halides is 3. The first kappa shape index (κ1) is 18.5. The Bertz CT molecular complexity index is 740. The average Bonchev–Trinajstić information content (AvgIpc) is 2.47. The normalized spacial score (nSPS) is 11.8. The van der Waals surface area contributed by atoms with Gasteiger partial charge >= 0.3 is 12.3 Å². The van der Waals surface area contributed by atoms with Gasteiger partial charge in [-0.05, 0) is 45.0 Å². The Morgan fingerprint density at radius 1 is 1.00 bits per heavy atom. The van der Waals surface area contributed by atoms with Gasteiger partial charge in [0.2, 0.25) is 0 Å². The van der Waals surface area contributed by atoms with Crippen LogP contribution >= 0.6 is 0 Å². The number of amides is 1. The van der Waals surface area contributed by atoms with Gasteiger partial charge in [0.25, 0.3) is 0 Å². The zero-order valence-electron chi connectivity index (χ0n) is 13.8. The van der Waals surface area contributed by atoms with Gasteiger partial charge in [0, 0.05) is 0 Å². The Morgan fingerprint density at radius 3 is 2.16 bits per heavy atom. The number of rotatable bonds is 3. The molecule has 0 unspecified atom stereocenters. The summed E-state index contributed by atoms with van der Waals surface area (Å²) in [4.78, 5) is 11.6. The van der Waals surface area contributed by atoms with Gasteiger partial charge in [0.15, 0.2) is 11.6 Å². The van der Waals surface area contributed by atoms with E-state index in [1.807, 2.05) is 0 Å². The van der Waals surface area contributed by atoms with E-state index >= 15 is 0 Å². The van der Waals surface area contributed by atoms with Gasteiger partial charge in [-0.25, -0.2) is 4.79 Å². The fraction of sp³-hybridized carbons (Fsp3) is 0.312. The van der Waals surface area contributed by atoms with Crippen LogP contribution in [0.25, 0.3) is 0 Å². The van der Waals surface area contributed by atoms with Gasteiger partial charge < -0.3 is 10.1 Å². The summed E-state index contributed by atoms with van der Waals surface area (Å²) in [5.41, 5.74) is -1.62. The van der Waals surface area contributed by atoms with E-state index in [2.05, 4.69) is 20.8 Å². The van der Waals surface area contributed by atoms with Crippen LogP contribution in [0.2, 0.25) is 0 Å². The van der Waals surface area contributed by atoms with Gasteiger partial charge in [-0.3, -0.25) is 5.32 Å². The first-order chi connectivity index (χ1) is 11.5. The molecule has 0 radical (unpaired) electrons. The Hall–Kier alpha value is -2.84. The molecule has 0 fully saturated rings. The molecule has 2 N–H and O–H groups in total. The summed E-state index contributed by atoms with van der Waals surface area (Å²) in [6.45, 7) is 5.14. The molecule has 6 nitrogen and oxygen atoms in total. The Balaban J connectivity index is 2.08. The van der Waals surface area contributed by atoms with Crippen LogP contribution in [0.4, 0.5) is 35.3 Å². The molecule has 0 aliphatic rings. The van der Waals surface area contributed by atoms with Crippen LogP contribution in [-0.2, 0) is 10.9 Å². The maximum atomic E-state index is 13.0. The van der Waals surface area contributed by atoms with Crippen LogP contribution in [0.15, 0.2) is 36.4 Å². The highest BCUT2D eigenvalue weighted by Crippen LogP contribution is 2.35. The molecule has 1 aromatic carbocycles. The van der Waals surface area contributed by atoms with E-state index in [0.29, 0.717) is 0 Å². The average molecular weight is 354 g/mol. The van der Waals surface area contributed by atoms with E-state index in [4.69, 9.17) is 4.74 Å². The monoisotopic (exact) mass is 354 g/mol. The molecule has 2 aromatic rings. The number of ether oxygens (including phenoxy) is 1. The van der Waals surface area contributed by atoms with E-state index in [0.717, 1.165) is 6.07 Å². The van der Waals surface area contributed by atoms with Crippen molar-refractivity contribution in [2.75, 3.05) is 10.6 Å². The number of nitrogens with zero attached hydrogens (tertiary/aromatic N) is 2. The van der Waals surface area contributed by atoms with Crippen molar-refractivity contribution < 1.29 is 22.7 Å². The van der Waals surface area contributed by atoms with Crippen molar-refractivity contribution >= 4 is 23.4 Å². The second-order valence-corrected chi connectivity index (χ2v) is 6.10. The van der Waals surface area contributed by atoms with Gasteiger partial charge in [-0.15, -0.1) is 10.2 Å². The lowest BCUT2D eigenvalue weighted by Gasteiger charge is -2.19. The fourth-order valence-corrected chi connectivity index (χ4v) is 1.85. The number of carbonyl (C=O) groups is 1. The van der Waals surface area contributed by atoms with Crippen molar-refractivity contribution in [1.82, 2.24) is 10.2 Å². The topological polar surface area (TPSA) is 76.1 Å². The van der Waals surface area contributed by atoms with Crippen molar-refractivity contribution in [2.24, 2.45) is 0 Å². The van der Waals surface area contributed by atoms with Crippen LogP contribution in [0.1, 0.15) is 26.3 Å². The minimum Gasteiger partial charge on any atom is -0.444 e. The quantitative estimate of drug-likeness (QED) is 0.843. The van der Waals surface area contributed by atoms with Crippen LogP contribution < -0.4 is 10.6 Å². The molecule has 0 spiro atoms. The third-order valence-electron chi connectivity index (χ3n) is 2.79. The third kappa shape index (κ3) is 5.63. The molecule has 1 heterocycles. The highest BCUT2D eigenvalue weighted by molar-refractivity contribution is 5.83. The van der Waals surface area contributed by atoms with Crippen molar-refractivity contribution in [3.05, 3.63) is 42.0 Å². The summed E-state index contributed by atoms with van der Waals surface area (Å²) in [5.74, 6) is 0.218. The van der Waals surface area contributed by atoms with E-state index < -0.39 is 23.4 Å². The molecule has 1 aromatic heterocycles. The first-order valence-electron chi connectivity index (χ1n) is 7.31. The molecular weight excluding hydrogens is 337 g/mol. The SMILES string of the molecule is CC(C)(C)OC(=O)Nc1ccc(Nc2ccccc2C(F)(F)F)nn1. The molecule has 0 bridgehead atoms. The number of halogens is 3. The molecular formula is C16H17F3N4O2. The van der Waals surface area contributed by atoms with E-state index in [9.17, 15) is 18.0 Å². The number of nitrogens with one attached hydrogen (secondary N) is 2. The molecule has 0 atom stereocenters. The summed E-state index contributed by atoms with van der Waals surface area (Å²) < 4.78 is 43.9. The molecule has 0 saturated heterocycles. The summed E-state index contributed by atoms with van der Waals surface area (Å²) >= 11 is 0. The van der Waals surface area contributed by atoms with Crippen LogP contribution in [0.3, 0.4) is 0 Å². The van der Waals surface area contributed by atoms with Crippen LogP contribution in [0.5, 0.6) is 0 Å². The van der Waals surface area contributed by atoms with Gasteiger partial charge in [-0.2, -0.15) is 13.2 Å². The molecule has 1 amide bonds. The zero-order chi connectivity index (χ0) is 18.7. The minimum atomic E-state index is -4.49. The highest BCUT2D eigenvalue weighted by Gasteiger charge is 2.33. The van der Waals surface area contributed by atoms with E-state index in [1.54, 1.807) is 20.8 Å². The van der Waals surface area contributed by atoms with E-state index in [-0.39, 0.29) is 17.3 Å². The Morgan fingerprint density at radius 2 is 1.60 bits per heavy atom. The number of hydrogen-bond acceptors (Lipinski definition) is 5. The second-order valence-electron chi connectivity index (χ2n) is 6.10. The predicted molar refractivity (Wildman–Crippen MR) is 86.6 cm³/mol. The third-order valence-corrected chi connectivity index (χ3v) is 2.79. The van der Waals surface area contributed by atoms with Crippen LogP contribution in [-0.4, -0.2) is 21.9 Å². The molecule has 0 aliphatic carbocycles. The summed E-state index contributed by atoms with van der Waals surface area (Å²) in [7, 11) is 0. The first-order valence-corrected chi connectivity index (χ1v) is 7.31. The number of para-hydroxylation sites is 1. The largest absolute Gasteiger partial charge is 0.444 e. The van der Waals surface area contributed by atoms with Gasteiger partial charge in [0.1, 0.15) is 5.60 Å². The van der Waals surface area contributed by atoms with E-state index in [1.165, 1.54) is 30.3 Å². The standard InChI is InChI=1S/C16H17F3N4O2/c1-15(2,3)25-14(24)21-13-9-8-12(22-23-13)20-11-7-5-4-6-10(11)16(17,18)19/h4-9H,1-3H3,(H,20,22)(H,21,23,24). The second kappa shape index (κ2) is 6.96. The minimum absolute atomic E-state index is 0.103. The van der Waals surface area contributed by atoms with Gasteiger partial charge in [0.05, 0.1) is 11.3 Å². The zero-order valence-corrected chi connectivity index (χ0v) is 13.8. The fourth-order valence-electron chi connectivity index (χ4n) is 1.85.